The van der Waals surface area contributed by atoms with Gasteiger partial charge in [0.1, 0.15) is 5.82 Å². The molecule has 0 unspecified atom stereocenters. The SMILES string of the molecule is CC1(C)Cc2nn(C3CCCC3)c(-c3ccc(F)cc3)c2CC(C)(C)N1. The number of aromatic nitrogens is 2. The highest BCUT2D eigenvalue weighted by Gasteiger charge is 2.37. The Kier molecular flexibility index (Phi) is 4.22. The highest BCUT2D eigenvalue weighted by Crippen LogP contribution is 2.39. The third kappa shape index (κ3) is 3.32. The van der Waals surface area contributed by atoms with Gasteiger partial charge in [-0.25, -0.2) is 4.39 Å². The van der Waals surface area contributed by atoms with E-state index in [1.54, 1.807) is 12.1 Å². The summed E-state index contributed by atoms with van der Waals surface area (Å²) < 4.78 is 15.8. The molecule has 1 aliphatic carbocycles. The van der Waals surface area contributed by atoms with Crippen LogP contribution in [0, 0.1) is 5.82 Å². The van der Waals surface area contributed by atoms with Crippen LogP contribution in [0.25, 0.3) is 11.3 Å². The van der Waals surface area contributed by atoms with Crippen molar-refractivity contribution in [1.82, 2.24) is 15.1 Å². The summed E-state index contributed by atoms with van der Waals surface area (Å²) in [6.07, 6.45) is 6.79. The molecule has 0 bridgehead atoms. The number of nitrogens with one attached hydrogen (secondary N) is 1. The van der Waals surface area contributed by atoms with E-state index in [2.05, 4.69) is 37.7 Å². The predicted molar refractivity (Wildman–Crippen MR) is 104 cm³/mol. The van der Waals surface area contributed by atoms with E-state index in [1.807, 2.05) is 12.1 Å². The zero-order chi connectivity index (χ0) is 18.5. The Hall–Kier alpha value is -1.68. The lowest BCUT2D eigenvalue weighted by atomic mass is 9.92. The van der Waals surface area contributed by atoms with E-state index in [0.717, 1.165) is 18.4 Å². The molecule has 0 atom stereocenters. The minimum absolute atomic E-state index is 0.00365. The summed E-state index contributed by atoms with van der Waals surface area (Å²) in [5.41, 5.74) is 4.84. The Morgan fingerprint density at radius 1 is 1.00 bits per heavy atom. The van der Waals surface area contributed by atoms with E-state index < -0.39 is 0 Å². The number of benzene rings is 1. The van der Waals surface area contributed by atoms with Gasteiger partial charge in [-0.05, 0) is 71.2 Å². The maximum Gasteiger partial charge on any atom is 0.123 e. The van der Waals surface area contributed by atoms with Crippen molar-refractivity contribution in [2.75, 3.05) is 0 Å². The highest BCUT2D eigenvalue weighted by atomic mass is 19.1. The molecule has 140 valence electrons. The lowest BCUT2D eigenvalue weighted by Crippen LogP contribution is -2.52. The van der Waals surface area contributed by atoms with Gasteiger partial charge in [-0.15, -0.1) is 0 Å². The quantitative estimate of drug-likeness (QED) is 0.817. The first-order valence-electron chi connectivity index (χ1n) is 9.90. The molecule has 2 heterocycles. The number of fused-ring (bicyclic) bond motifs is 1. The van der Waals surface area contributed by atoms with Crippen LogP contribution in [0.15, 0.2) is 24.3 Å². The molecule has 3 nitrogen and oxygen atoms in total. The van der Waals surface area contributed by atoms with Gasteiger partial charge in [0.25, 0.3) is 0 Å². The Balaban J connectivity index is 1.90. The van der Waals surface area contributed by atoms with Crippen LogP contribution in [0.5, 0.6) is 0 Å². The molecule has 1 aromatic heterocycles. The fraction of sp³-hybridized carbons (Fsp3) is 0.591. The number of rotatable bonds is 2. The molecule has 1 fully saturated rings. The average Bonchev–Trinajstić information content (AvgIpc) is 3.13. The second-order valence-electron chi connectivity index (χ2n) is 9.41. The van der Waals surface area contributed by atoms with Gasteiger partial charge in [0.15, 0.2) is 0 Å². The summed E-state index contributed by atoms with van der Waals surface area (Å²) in [5.74, 6) is -0.185. The first kappa shape index (κ1) is 17.7. The molecule has 1 aliphatic heterocycles. The average molecular weight is 356 g/mol. The monoisotopic (exact) mass is 355 g/mol. The fourth-order valence-electron chi connectivity index (χ4n) is 5.04. The minimum Gasteiger partial charge on any atom is -0.306 e. The lowest BCUT2D eigenvalue weighted by Gasteiger charge is -2.34. The Bertz CT molecular complexity index is 796. The number of hydrogen-bond acceptors (Lipinski definition) is 2. The third-order valence-electron chi connectivity index (χ3n) is 5.78. The van der Waals surface area contributed by atoms with Crippen LogP contribution >= 0.6 is 0 Å². The summed E-state index contributed by atoms with van der Waals surface area (Å²) in [6, 6.07) is 7.43. The normalized spacial score (nSPS) is 22.2. The predicted octanol–water partition coefficient (Wildman–Crippen LogP) is 5.05. The molecule has 2 aliphatic rings. The van der Waals surface area contributed by atoms with Crippen molar-refractivity contribution in [3.05, 3.63) is 41.3 Å². The zero-order valence-electron chi connectivity index (χ0n) is 16.4. The van der Waals surface area contributed by atoms with Crippen LogP contribution in [0.4, 0.5) is 4.39 Å². The molecule has 0 radical (unpaired) electrons. The van der Waals surface area contributed by atoms with Crippen molar-refractivity contribution in [3.63, 3.8) is 0 Å². The lowest BCUT2D eigenvalue weighted by molar-refractivity contribution is 0.271. The molecule has 26 heavy (non-hydrogen) atoms. The summed E-state index contributed by atoms with van der Waals surface area (Å²) in [4.78, 5) is 0. The second-order valence-corrected chi connectivity index (χ2v) is 9.41. The van der Waals surface area contributed by atoms with Gasteiger partial charge in [-0.1, -0.05) is 12.8 Å². The van der Waals surface area contributed by atoms with Gasteiger partial charge < -0.3 is 5.32 Å². The molecule has 2 aromatic rings. The first-order chi connectivity index (χ1) is 12.2. The van der Waals surface area contributed by atoms with Gasteiger partial charge in [-0.2, -0.15) is 5.10 Å². The third-order valence-corrected chi connectivity index (χ3v) is 5.78. The summed E-state index contributed by atoms with van der Waals surface area (Å²) >= 11 is 0. The Morgan fingerprint density at radius 2 is 1.62 bits per heavy atom. The van der Waals surface area contributed by atoms with E-state index in [0.29, 0.717) is 6.04 Å². The summed E-state index contributed by atoms with van der Waals surface area (Å²) in [5, 5.41) is 8.93. The molecule has 4 rings (SSSR count). The minimum atomic E-state index is -0.185. The molecule has 4 heteroatoms. The van der Waals surface area contributed by atoms with Crippen molar-refractivity contribution in [2.45, 2.75) is 83.3 Å². The molecule has 0 spiro atoms. The summed E-state index contributed by atoms with van der Waals surface area (Å²) in [6.45, 7) is 9.06. The molecule has 0 amide bonds. The van der Waals surface area contributed by atoms with Crippen LogP contribution in [0.1, 0.15) is 70.7 Å². The second kappa shape index (κ2) is 6.19. The first-order valence-corrected chi connectivity index (χ1v) is 9.90. The van der Waals surface area contributed by atoms with E-state index in [4.69, 9.17) is 5.10 Å². The van der Waals surface area contributed by atoms with Crippen LogP contribution in [0.2, 0.25) is 0 Å². The van der Waals surface area contributed by atoms with Crippen molar-refractivity contribution < 1.29 is 4.39 Å². The zero-order valence-corrected chi connectivity index (χ0v) is 16.4. The number of hydrogen-bond donors (Lipinski definition) is 1. The smallest absolute Gasteiger partial charge is 0.123 e. The van der Waals surface area contributed by atoms with Gasteiger partial charge in [0.2, 0.25) is 0 Å². The van der Waals surface area contributed by atoms with Crippen LogP contribution in [0.3, 0.4) is 0 Å². The van der Waals surface area contributed by atoms with Crippen LogP contribution in [-0.2, 0) is 12.8 Å². The Morgan fingerprint density at radius 3 is 2.27 bits per heavy atom. The van der Waals surface area contributed by atoms with E-state index in [9.17, 15) is 4.39 Å². The van der Waals surface area contributed by atoms with Crippen molar-refractivity contribution >= 4 is 0 Å². The van der Waals surface area contributed by atoms with Crippen molar-refractivity contribution in [1.29, 1.82) is 0 Å². The van der Waals surface area contributed by atoms with Crippen LogP contribution < -0.4 is 5.32 Å². The molecule has 1 aromatic carbocycles. The van der Waals surface area contributed by atoms with Gasteiger partial charge in [0, 0.05) is 28.6 Å². The van der Waals surface area contributed by atoms with Crippen molar-refractivity contribution in [3.8, 4) is 11.3 Å². The van der Waals surface area contributed by atoms with E-state index >= 15 is 0 Å². The number of nitrogens with zero attached hydrogens (tertiary/aromatic N) is 2. The number of halogens is 1. The van der Waals surface area contributed by atoms with E-state index in [-0.39, 0.29) is 16.9 Å². The van der Waals surface area contributed by atoms with Crippen LogP contribution in [-0.4, -0.2) is 20.9 Å². The highest BCUT2D eigenvalue weighted by molar-refractivity contribution is 5.65. The maximum absolute atomic E-state index is 13.5. The molecule has 1 saturated carbocycles. The topological polar surface area (TPSA) is 29.9 Å². The van der Waals surface area contributed by atoms with Gasteiger partial charge in [0.05, 0.1) is 17.4 Å². The molecular formula is C22H30FN3. The standard InChI is InChI=1S/C22H30FN3/c1-21(2)13-18-19(14-22(3,4)25-21)24-26(17-7-5-6-8-17)20(18)15-9-11-16(23)12-10-15/h9-12,17,25H,5-8,13-14H2,1-4H3. The molecule has 0 saturated heterocycles. The molecular weight excluding hydrogens is 325 g/mol. The van der Waals surface area contributed by atoms with Gasteiger partial charge in [-0.3, -0.25) is 4.68 Å². The summed E-state index contributed by atoms with van der Waals surface area (Å²) in [7, 11) is 0. The maximum atomic E-state index is 13.5. The Labute approximate surface area is 156 Å². The fourth-order valence-corrected chi connectivity index (χ4v) is 5.04. The molecule has 1 N–H and O–H groups in total. The van der Waals surface area contributed by atoms with Crippen molar-refractivity contribution in [2.24, 2.45) is 0 Å². The largest absolute Gasteiger partial charge is 0.306 e. The van der Waals surface area contributed by atoms with Gasteiger partial charge >= 0.3 is 0 Å². The van der Waals surface area contributed by atoms with E-state index in [1.165, 1.54) is 42.6 Å².